The molecule has 0 aromatic rings. The minimum atomic E-state index is 0.489. The maximum Gasteiger partial charge on any atom is 0.0613 e. The molecule has 2 aliphatic rings. The standard InChI is InChI=1S/C12H21NO/c1-9(8-14-2)13-7-12-6-10-3-4-11(12)5-10/h3-4,9-13H,5-8H2,1-2H3/t9-,10+,11+,12+/m1/s1. The smallest absolute Gasteiger partial charge is 0.0613 e. The Morgan fingerprint density at radius 3 is 2.86 bits per heavy atom. The highest BCUT2D eigenvalue weighted by atomic mass is 16.5. The van der Waals surface area contributed by atoms with Crippen LogP contribution < -0.4 is 5.32 Å². The van der Waals surface area contributed by atoms with Crippen molar-refractivity contribution in [2.45, 2.75) is 25.8 Å². The third-order valence-corrected chi connectivity index (χ3v) is 3.56. The van der Waals surface area contributed by atoms with E-state index in [-0.39, 0.29) is 0 Å². The fraction of sp³-hybridized carbons (Fsp3) is 0.833. The molecule has 2 aliphatic carbocycles. The number of rotatable bonds is 5. The summed E-state index contributed by atoms with van der Waals surface area (Å²) in [5, 5.41) is 3.55. The van der Waals surface area contributed by atoms with Gasteiger partial charge in [0.1, 0.15) is 0 Å². The van der Waals surface area contributed by atoms with Gasteiger partial charge >= 0.3 is 0 Å². The van der Waals surface area contributed by atoms with Gasteiger partial charge in [0.2, 0.25) is 0 Å². The SMILES string of the molecule is COC[C@@H](C)NC[C@@H]1C[C@H]2C=C[C@H]1C2. The maximum absolute atomic E-state index is 5.10. The third kappa shape index (κ3) is 2.18. The Balaban J connectivity index is 1.69. The fourth-order valence-electron chi connectivity index (χ4n) is 2.79. The van der Waals surface area contributed by atoms with E-state index in [9.17, 15) is 0 Å². The molecular weight excluding hydrogens is 174 g/mol. The van der Waals surface area contributed by atoms with Gasteiger partial charge in [0.15, 0.2) is 0 Å². The second-order valence-corrected chi connectivity index (χ2v) is 4.80. The van der Waals surface area contributed by atoms with Crippen LogP contribution in [-0.4, -0.2) is 26.3 Å². The second-order valence-electron chi connectivity index (χ2n) is 4.80. The lowest BCUT2D eigenvalue weighted by Gasteiger charge is -2.21. The van der Waals surface area contributed by atoms with Crippen LogP contribution in [0.4, 0.5) is 0 Å². The molecule has 1 fully saturated rings. The van der Waals surface area contributed by atoms with Gasteiger partial charge < -0.3 is 10.1 Å². The predicted octanol–water partition coefficient (Wildman–Crippen LogP) is 1.82. The molecule has 14 heavy (non-hydrogen) atoms. The molecule has 1 N–H and O–H groups in total. The van der Waals surface area contributed by atoms with Crippen molar-refractivity contribution < 1.29 is 4.74 Å². The van der Waals surface area contributed by atoms with Crippen LogP contribution in [0.3, 0.4) is 0 Å². The molecule has 0 aliphatic heterocycles. The summed E-state index contributed by atoms with van der Waals surface area (Å²) in [6.07, 6.45) is 7.63. The zero-order valence-corrected chi connectivity index (χ0v) is 9.20. The highest BCUT2D eigenvalue weighted by molar-refractivity contribution is 5.10. The molecule has 0 amide bonds. The van der Waals surface area contributed by atoms with Gasteiger partial charge in [-0.25, -0.2) is 0 Å². The van der Waals surface area contributed by atoms with E-state index < -0.39 is 0 Å². The number of hydrogen-bond acceptors (Lipinski definition) is 2. The number of fused-ring (bicyclic) bond motifs is 2. The largest absolute Gasteiger partial charge is 0.383 e. The average Bonchev–Trinajstić information content (AvgIpc) is 2.76. The molecule has 2 rings (SSSR count). The minimum absolute atomic E-state index is 0.489. The lowest BCUT2D eigenvalue weighted by Crippen LogP contribution is -2.35. The van der Waals surface area contributed by atoms with Crippen molar-refractivity contribution in [3.8, 4) is 0 Å². The summed E-state index contributed by atoms with van der Waals surface area (Å²) < 4.78 is 5.10. The number of nitrogens with one attached hydrogen (secondary N) is 1. The molecule has 0 heterocycles. The first kappa shape index (κ1) is 10.2. The molecule has 1 saturated carbocycles. The Morgan fingerprint density at radius 2 is 2.29 bits per heavy atom. The lowest BCUT2D eigenvalue weighted by molar-refractivity contribution is 0.169. The van der Waals surface area contributed by atoms with E-state index in [1.165, 1.54) is 12.8 Å². The zero-order chi connectivity index (χ0) is 9.97. The predicted molar refractivity (Wildman–Crippen MR) is 58.2 cm³/mol. The van der Waals surface area contributed by atoms with Crippen molar-refractivity contribution in [2.75, 3.05) is 20.3 Å². The normalized spacial score (nSPS) is 36.6. The van der Waals surface area contributed by atoms with E-state index in [0.29, 0.717) is 6.04 Å². The summed E-state index contributed by atoms with van der Waals surface area (Å²) in [5.41, 5.74) is 0. The van der Waals surface area contributed by atoms with Crippen LogP contribution in [0.15, 0.2) is 12.2 Å². The first-order valence-corrected chi connectivity index (χ1v) is 5.70. The highest BCUT2D eigenvalue weighted by Gasteiger charge is 2.35. The maximum atomic E-state index is 5.10. The van der Waals surface area contributed by atoms with Gasteiger partial charge in [-0.05, 0) is 44.1 Å². The zero-order valence-electron chi connectivity index (χ0n) is 9.20. The van der Waals surface area contributed by atoms with E-state index in [2.05, 4.69) is 24.4 Å². The first-order chi connectivity index (χ1) is 6.79. The summed E-state index contributed by atoms with van der Waals surface area (Å²) in [6.45, 7) is 4.17. The van der Waals surface area contributed by atoms with Crippen LogP contribution in [0.5, 0.6) is 0 Å². The number of hydrogen-bond donors (Lipinski definition) is 1. The molecule has 0 unspecified atom stereocenters. The van der Waals surface area contributed by atoms with Gasteiger partial charge in [-0.3, -0.25) is 0 Å². The number of methoxy groups -OCH3 is 1. The van der Waals surface area contributed by atoms with Gasteiger partial charge in [0.05, 0.1) is 6.61 Å². The highest BCUT2D eigenvalue weighted by Crippen LogP contribution is 2.42. The molecular formula is C12H21NO. The van der Waals surface area contributed by atoms with Crippen molar-refractivity contribution in [1.29, 1.82) is 0 Å². The third-order valence-electron chi connectivity index (χ3n) is 3.56. The number of allylic oxidation sites excluding steroid dienone is 2. The summed E-state index contributed by atoms with van der Waals surface area (Å²) in [5.74, 6) is 2.64. The van der Waals surface area contributed by atoms with E-state index >= 15 is 0 Å². The lowest BCUT2D eigenvalue weighted by atomic mass is 9.93. The van der Waals surface area contributed by atoms with Crippen LogP contribution in [0, 0.1) is 17.8 Å². The molecule has 80 valence electrons. The van der Waals surface area contributed by atoms with Gasteiger partial charge in [-0.1, -0.05) is 12.2 Å². The summed E-state index contributed by atoms with van der Waals surface area (Å²) in [7, 11) is 1.76. The van der Waals surface area contributed by atoms with Crippen molar-refractivity contribution in [3.63, 3.8) is 0 Å². The Kier molecular flexibility index (Phi) is 3.24. The minimum Gasteiger partial charge on any atom is -0.383 e. The molecule has 0 saturated heterocycles. The molecule has 2 nitrogen and oxygen atoms in total. The van der Waals surface area contributed by atoms with Gasteiger partial charge in [-0.15, -0.1) is 0 Å². The van der Waals surface area contributed by atoms with E-state index in [1.54, 1.807) is 7.11 Å². The van der Waals surface area contributed by atoms with Gasteiger partial charge in [0, 0.05) is 13.2 Å². The Bertz CT molecular complexity index is 214. The Hall–Kier alpha value is -0.340. The molecule has 2 heteroatoms. The van der Waals surface area contributed by atoms with Crippen molar-refractivity contribution in [3.05, 3.63) is 12.2 Å². The van der Waals surface area contributed by atoms with E-state index in [0.717, 1.165) is 30.9 Å². The molecule has 2 bridgehead atoms. The van der Waals surface area contributed by atoms with Crippen molar-refractivity contribution in [2.24, 2.45) is 17.8 Å². The van der Waals surface area contributed by atoms with E-state index in [1.807, 2.05) is 0 Å². The average molecular weight is 195 g/mol. The van der Waals surface area contributed by atoms with Crippen LogP contribution in [0.2, 0.25) is 0 Å². The molecule has 0 aromatic carbocycles. The first-order valence-electron chi connectivity index (χ1n) is 5.70. The fourth-order valence-corrected chi connectivity index (χ4v) is 2.79. The monoisotopic (exact) mass is 195 g/mol. The van der Waals surface area contributed by atoms with Gasteiger partial charge in [-0.2, -0.15) is 0 Å². The summed E-state index contributed by atoms with van der Waals surface area (Å²) >= 11 is 0. The molecule has 0 spiro atoms. The quantitative estimate of drug-likeness (QED) is 0.676. The topological polar surface area (TPSA) is 21.3 Å². The Morgan fingerprint density at radius 1 is 1.43 bits per heavy atom. The second kappa shape index (κ2) is 4.45. The van der Waals surface area contributed by atoms with Crippen molar-refractivity contribution >= 4 is 0 Å². The van der Waals surface area contributed by atoms with Crippen LogP contribution >= 0.6 is 0 Å². The van der Waals surface area contributed by atoms with Crippen LogP contribution in [0.25, 0.3) is 0 Å². The molecule has 0 radical (unpaired) electrons. The van der Waals surface area contributed by atoms with Gasteiger partial charge in [0.25, 0.3) is 0 Å². The van der Waals surface area contributed by atoms with Crippen molar-refractivity contribution in [1.82, 2.24) is 5.32 Å². The molecule has 4 atom stereocenters. The van der Waals surface area contributed by atoms with Crippen LogP contribution in [-0.2, 0) is 4.74 Å². The summed E-state index contributed by atoms with van der Waals surface area (Å²) in [4.78, 5) is 0. The van der Waals surface area contributed by atoms with E-state index in [4.69, 9.17) is 4.74 Å². The number of ether oxygens (including phenoxy) is 1. The Labute approximate surface area is 86.7 Å². The molecule has 0 aromatic heterocycles. The summed E-state index contributed by atoms with van der Waals surface area (Å²) in [6, 6.07) is 0.489. The van der Waals surface area contributed by atoms with Crippen LogP contribution in [0.1, 0.15) is 19.8 Å².